The van der Waals surface area contributed by atoms with Crippen molar-refractivity contribution in [3.8, 4) is 16.3 Å². The number of methoxy groups -OCH3 is 1. The zero-order valence-corrected chi connectivity index (χ0v) is 18.3. The van der Waals surface area contributed by atoms with Crippen molar-refractivity contribution in [1.29, 1.82) is 0 Å². The lowest BCUT2D eigenvalue weighted by Crippen LogP contribution is -2.31. The fourth-order valence-electron chi connectivity index (χ4n) is 3.12. The normalized spacial score (nSPS) is 10.7. The number of aromatic nitrogens is 3. The van der Waals surface area contributed by atoms with Crippen LogP contribution in [0.25, 0.3) is 10.6 Å². The second-order valence-corrected chi connectivity index (χ2v) is 7.94. The third kappa shape index (κ3) is 5.28. The summed E-state index contributed by atoms with van der Waals surface area (Å²) >= 11 is 1.56. The SMILES string of the molecule is COc1ccc(-c2nc(CCNC(=O)c3ccc(=O)n(Cc4ccccc4)n3)cs2)cc1. The quantitative estimate of drug-likeness (QED) is 0.448. The van der Waals surface area contributed by atoms with Crippen LogP contribution in [0.2, 0.25) is 0 Å². The summed E-state index contributed by atoms with van der Waals surface area (Å²) in [7, 11) is 1.64. The first kappa shape index (κ1) is 21.5. The predicted octanol–water partition coefficient (Wildman–Crippen LogP) is 3.40. The molecule has 0 fully saturated rings. The second kappa shape index (κ2) is 10.0. The summed E-state index contributed by atoms with van der Waals surface area (Å²) in [6.07, 6.45) is 0.599. The number of rotatable bonds is 8. The van der Waals surface area contributed by atoms with Crippen LogP contribution in [-0.4, -0.2) is 34.3 Å². The van der Waals surface area contributed by atoms with E-state index in [0.717, 1.165) is 27.6 Å². The summed E-state index contributed by atoms with van der Waals surface area (Å²) < 4.78 is 6.48. The Kier molecular flexibility index (Phi) is 6.72. The number of hydrogen-bond donors (Lipinski definition) is 1. The number of ether oxygens (including phenoxy) is 1. The fourth-order valence-corrected chi connectivity index (χ4v) is 3.98. The van der Waals surface area contributed by atoms with Crippen LogP contribution in [0.4, 0.5) is 0 Å². The zero-order valence-electron chi connectivity index (χ0n) is 17.5. The Balaban J connectivity index is 1.34. The van der Waals surface area contributed by atoms with E-state index in [2.05, 4.69) is 15.4 Å². The molecule has 0 saturated heterocycles. The molecule has 7 nitrogen and oxygen atoms in total. The molecule has 0 radical (unpaired) electrons. The number of hydrogen-bond acceptors (Lipinski definition) is 6. The first-order valence-electron chi connectivity index (χ1n) is 10.1. The number of thiazole rings is 1. The van der Waals surface area contributed by atoms with E-state index in [1.165, 1.54) is 16.8 Å². The second-order valence-electron chi connectivity index (χ2n) is 7.08. The Morgan fingerprint density at radius 1 is 1.06 bits per heavy atom. The standard InChI is InChI=1S/C24H22N4O3S/c1-31-20-9-7-18(8-10-20)24-26-19(16-32-24)13-14-25-23(30)21-11-12-22(29)28(27-21)15-17-5-3-2-4-6-17/h2-12,16H,13-15H2,1H3,(H,25,30). The molecule has 4 rings (SSSR count). The maximum Gasteiger partial charge on any atom is 0.271 e. The Morgan fingerprint density at radius 3 is 2.59 bits per heavy atom. The highest BCUT2D eigenvalue weighted by molar-refractivity contribution is 7.13. The smallest absolute Gasteiger partial charge is 0.271 e. The van der Waals surface area contributed by atoms with Gasteiger partial charge in [-0.2, -0.15) is 5.10 Å². The molecule has 0 saturated carbocycles. The van der Waals surface area contributed by atoms with E-state index in [1.807, 2.05) is 60.0 Å². The number of carbonyl (C=O) groups is 1. The molecule has 1 N–H and O–H groups in total. The molecule has 32 heavy (non-hydrogen) atoms. The van der Waals surface area contributed by atoms with Crippen LogP contribution in [0.15, 0.2) is 76.9 Å². The largest absolute Gasteiger partial charge is 0.497 e. The highest BCUT2D eigenvalue weighted by atomic mass is 32.1. The molecule has 0 aliphatic carbocycles. The lowest BCUT2D eigenvalue weighted by Gasteiger charge is -2.08. The van der Waals surface area contributed by atoms with E-state index in [-0.39, 0.29) is 17.2 Å². The van der Waals surface area contributed by atoms with E-state index >= 15 is 0 Å². The summed E-state index contributed by atoms with van der Waals surface area (Å²) in [5.41, 5.74) is 2.83. The Hall–Kier alpha value is -3.78. The molecule has 8 heteroatoms. The lowest BCUT2D eigenvalue weighted by molar-refractivity contribution is 0.0946. The van der Waals surface area contributed by atoms with Gasteiger partial charge < -0.3 is 10.1 Å². The van der Waals surface area contributed by atoms with Crippen LogP contribution in [0.1, 0.15) is 21.7 Å². The van der Waals surface area contributed by atoms with Crippen LogP contribution < -0.4 is 15.6 Å². The van der Waals surface area contributed by atoms with Crippen molar-refractivity contribution in [2.45, 2.75) is 13.0 Å². The van der Waals surface area contributed by atoms with Crippen LogP contribution in [0.5, 0.6) is 5.75 Å². The molecule has 0 spiro atoms. The molecular formula is C24H22N4O3S. The summed E-state index contributed by atoms with van der Waals surface area (Å²) in [6, 6.07) is 20.1. The van der Waals surface area contributed by atoms with Crippen LogP contribution in [0.3, 0.4) is 0 Å². The first-order chi connectivity index (χ1) is 15.6. The van der Waals surface area contributed by atoms with Gasteiger partial charge in [-0.1, -0.05) is 30.3 Å². The van der Waals surface area contributed by atoms with Crippen molar-refractivity contribution < 1.29 is 9.53 Å². The molecule has 162 valence electrons. The highest BCUT2D eigenvalue weighted by Crippen LogP contribution is 2.25. The summed E-state index contributed by atoms with van der Waals surface area (Å²) in [6.45, 7) is 0.734. The minimum atomic E-state index is -0.322. The topological polar surface area (TPSA) is 86.1 Å². The van der Waals surface area contributed by atoms with Gasteiger partial charge in [0.05, 0.1) is 19.3 Å². The van der Waals surface area contributed by atoms with E-state index in [4.69, 9.17) is 4.74 Å². The molecule has 0 bridgehead atoms. The molecule has 4 aromatic rings. The van der Waals surface area contributed by atoms with Crippen LogP contribution in [0, 0.1) is 0 Å². The van der Waals surface area contributed by atoms with Gasteiger partial charge in [0.25, 0.3) is 11.5 Å². The molecule has 2 aromatic carbocycles. The number of benzene rings is 2. The molecule has 2 heterocycles. The van der Waals surface area contributed by atoms with Gasteiger partial charge >= 0.3 is 0 Å². The van der Waals surface area contributed by atoms with E-state index in [0.29, 0.717) is 19.5 Å². The molecule has 0 atom stereocenters. The molecule has 0 aliphatic rings. The average molecular weight is 447 g/mol. The summed E-state index contributed by atoms with van der Waals surface area (Å²) in [5.74, 6) is 0.481. The van der Waals surface area contributed by atoms with E-state index < -0.39 is 0 Å². The molecular weight excluding hydrogens is 424 g/mol. The Bertz CT molecular complexity index is 1250. The maximum absolute atomic E-state index is 12.5. The van der Waals surface area contributed by atoms with Gasteiger partial charge in [0, 0.05) is 30.0 Å². The lowest BCUT2D eigenvalue weighted by atomic mass is 10.2. The van der Waals surface area contributed by atoms with Gasteiger partial charge in [-0.3, -0.25) is 9.59 Å². The summed E-state index contributed by atoms with van der Waals surface area (Å²) in [4.78, 5) is 29.3. The van der Waals surface area contributed by atoms with Crippen LogP contribution >= 0.6 is 11.3 Å². The van der Waals surface area contributed by atoms with Crippen molar-refractivity contribution in [2.75, 3.05) is 13.7 Å². The van der Waals surface area contributed by atoms with Gasteiger partial charge in [0.1, 0.15) is 16.5 Å². The maximum atomic E-state index is 12.5. The van der Waals surface area contributed by atoms with Crippen molar-refractivity contribution in [2.24, 2.45) is 0 Å². The van der Waals surface area contributed by atoms with Gasteiger partial charge in [0.2, 0.25) is 0 Å². The molecule has 0 aliphatic heterocycles. The van der Waals surface area contributed by atoms with Crippen molar-refractivity contribution >= 4 is 17.2 Å². The number of amides is 1. The number of nitrogens with zero attached hydrogens (tertiary/aromatic N) is 3. The average Bonchev–Trinajstić information content (AvgIpc) is 3.30. The monoisotopic (exact) mass is 446 g/mol. The van der Waals surface area contributed by atoms with Gasteiger partial charge in [-0.15, -0.1) is 11.3 Å². The minimum Gasteiger partial charge on any atom is -0.497 e. The van der Waals surface area contributed by atoms with Gasteiger partial charge in [-0.25, -0.2) is 9.67 Å². The van der Waals surface area contributed by atoms with Gasteiger partial charge in [0.15, 0.2) is 0 Å². The van der Waals surface area contributed by atoms with Crippen molar-refractivity contribution in [3.05, 3.63) is 99.4 Å². The number of nitrogens with one attached hydrogen (secondary N) is 1. The molecule has 0 unspecified atom stereocenters. The summed E-state index contributed by atoms with van der Waals surface area (Å²) in [5, 5.41) is 9.98. The van der Waals surface area contributed by atoms with Crippen molar-refractivity contribution in [3.63, 3.8) is 0 Å². The minimum absolute atomic E-state index is 0.206. The van der Waals surface area contributed by atoms with Crippen molar-refractivity contribution in [1.82, 2.24) is 20.1 Å². The molecule has 2 aromatic heterocycles. The zero-order chi connectivity index (χ0) is 22.3. The molecule has 1 amide bonds. The van der Waals surface area contributed by atoms with E-state index in [9.17, 15) is 9.59 Å². The number of carbonyl (C=O) groups excluding carboxylic acids is 1. The highest BCUT2D eigenvalue weighted by Gasteiger charge is 2.11. The van der Waals surface area contributed by atoms with Gasteiger partial charge in [-0.05, 0) is 35.9 Å². The third-order valence-corrected chi connectivity index (χ3v) is 5.77. The fraction of sp³-hybridized carbons (Fsp3) is 0.167. The Morgan fingerprint density at radius 2 is 1.84 bits per heavy atom. The van der Waals surface area contributed by atoms with Crippen LogP contribution in [-0.2, 0) is 13.0 Å². The Labute approximate surface area is 189 Å². The predicted molar refractivity (Wildman–Crippen MR) is 124 cm³/mol. The first-order valence-corrected chi connectivity index (χ1v) is 11.0. The third-order valence-electron chi connectivity index (χ3n) is 4.83. The van der Waals surface area contributed by atoms with E-state index in [1.54, 1.807) is 18.4 Å².